The van der Waals surface area contributed by atoms with Gasteiger partial charge in [0.15, 0.2) is 11.5 Å². The zero-order chi connectivity index (χ0) is 24.7. The maximum Gasteiger partial charge on any atom is 0.266 e. The minimum Gasteiger partial charge on any atom is -0.493 e. The lowest BCUT2D eigenvalue weighted by molar-refractivity contribution is -0.112. The Morgan fingerprint density at radius 1 is 1.15 bits per heavy atom. The first-order valence-electron chi connectivity index (χ1n) is 9.81. The van der Waals surface area contributed by atoms with E-state index in [2.05, 4.69) is 21.2 Å². The average Bonchev–Trinajstić information content (AvgIpc) is 2.81. The SMILES string of the molecule is COc1cc(/C=C(\C#N)C(=O)Nc2ccc(S(N)(=O)=O)cc2)cc(Br)c1OCc1ccccc1. The summed E-state index contributed by atoms with van der Waals surface area (Å²) in [5, 5.41) is 17.1. The smallest absolute Gasteiger partial charge is 0.266 e. The van der Waals surface area contributed by atoms with Crippen LogP contribution in [0.5, 0.6) is 11.5 Å². The van der Waals surface area contributed by atoms with E-state index in [-0.39, 0.29) is 10.5 Å². The largest absolute Gasteiger partial charge is 0.493 e. The molecular weight excluding hydrogens is 522 g/mol. The number of methoxy groups -OCH3 is 1. The molecule has 0 fully saturated rings. The Morgan fingerprint density at radius 2 is 1.82 bits per heavy atom. The molecule has 0 saturated carbocycles. The van der Waals surface area contributed by atoms with Crippen molar-refractivity contribution in [2.24, 2.45) is 5.14 Å². The summed E-state index contributed by atoms with van der Waals surface area (Å²) in [6, 6.07) is 20.1. The summed E-state index contributed by atoms with van der Waals surface area (Å²) in [5.41, 5.74) is 1.66. The number of halogens is 1. The summed E-state index contributed by atoms with van der Waals surface area (Å²) >= 11 is 3.46. The number of primary sulfonamides is 1. The van der Waals surface area contributed by atoms with Crippen LogP contribution in [-0.2, 0) is 21.4 Å². The topological polar surface area (TPSA) is 132 Å². The Kier molecular flexibility index (Phi) is 8.07. The minimum atomic E-state index is -3.85. The zero-order valence-corrected chi connectivity index (χ0v) is 20.4. The molecule has 0 atom stereocenters. The van der Waals surface area contributed by atoms with E-state index in [0.717, 1.165) is 5.56 Å². The Morgan fingerprint density at radius 3 is 2.41 bits per heavy atom. The number of nitrogens with zero attached hydrogens (tertiary/aromatic N) is 1. The summed E-state index contributed by atoms with van der Waals surface area (Å²) in [6.07, 6.45) is 1.41. The van der Waals surface area contributed by atoms with Gasteiger partial charge in [-0.05, 0) is 69.5 Å². The molecule has 3 aromatic carbocycles. The van der Waals surface area contributed by atoms with Crippen LogP contribution in [0.1, 0.15) is 11.1 Å². The molecular formula is C24H20BrN3O5S. The maximum atomic E-state index is 12.6. The second kappa shape index (κ2) is 11.0. The van der Waals surface area contributed by atoms with Crippen molar-refractivity contribution in [1.29, 1.82) is 5.26 Å². The molecule has 0 unspecified atom stereocenters. The van der Waals surface area contributed by atoms with Gasteiger partial charge in [0.25, 0.3) is 5.91 Å². The van der Waals surface area contributed by atoms with Gasteiger partial charge in [0.1, 0.15) is 18.2 Å². The van der Waals surface area contributed by atoms with E-state index in [9.17, 15) is 18.5 Å². The number of sulfonamides is 1. The molecule has 0 aromatic heterocycles. The third kappa shape index (κ3) is 6.45. The summed E-state index contributed by atoms with van der Waals surface area (Å²) in [6.45, 7) is 0.334. The van der Waals surface area contributed by atoms with Crippen molar-refractivity contribution in [3.05, 3.63) is 87.9 Å². The van der Waals surface area contributed by atoms with Gasteiger partial charge in [-0.25, -0.2) is 13.6 Å². The first-order chi connectivity index (χ1) is 16.2. The third-order valence-electron chi connectivity index (χ3n) is 4.59. The van der Waals surface area contributed by atoms with Crippen LogP contribution in [0.15, 0.2) is 81.7 Å². The third-order valence-corrected chi connectivity index (χ3v) is 6.11. The highest BCUT2D eigenvalue weighted by Crippen LogP contribution is 2.37. The minimum absolute atomic E-state index is 0.0898. The molecule has 3 N–H and O–H groups in total. The molecule has 0 spiro atoms. The average molecular weight is 542 g/mol. The molecule has 0 aliphatic rings. The highest BCUT2D eigenvalue weighted by atomic mass is 79.9. The molecule has 0 saturated heterocycles. The number of nitriles is 1. The molecule has 3 rings (SSSR count). The lowest BCUT2D eigenvalue weighted by Gasteiger charge is -2.14. The van der Waals surface area contributed by atoms with Crippen LogP contribution in [0, 0.1) is 11.3 Å². The van der Waals surface area contributed by atoms with Crippen molar-refractivity contribution in [3.63, 3.8) is 0 Å². The number of anilines is 1. The van der Waals surface area contributed by atoms with E-state index in [1.165, 1.54) is 37.5 Å². The molecule has 1 amide bonds. The number of nitrogens with two attached hydrogens (primary N) is 1. The van der Waals surface area contributed by atoms with Crippen molar-refractivity contribution in [2.45, 2.75) is 11.5 Å². The summed E-state index contributed by atoms with van der Waals surface area (Å²) < 4.78 is 34.6. The van der Waals surface area contributed by atoms with Gasteiger partial charge in [0.2, 0.25) is 10.0 Å². The molecule has 0 aliphatic heterocycles. The van der Waals surface area contributed by atoms with E-state index < -0.39 is 15.9 Å². The quantitative estimate of drug-likeness (QED) is 0.324. The number of hydrogen-bond donors (Lipinski definition) is 2. The fourth-order valence-electron chi connectivity index (χ4n) is 2.93. The van der Waals surface area contributed by atoms with Crippen LogP contribution in [0.4, 0.5) is 5.69 Å². The molecule has 3 aromatic rings. The number of carbonyl (C=O) groups is 1. The monoisotopic (exact) mass is 541 g/mol. The second-order valence-corrected chi connectivity index (χ2v) is 9.42. The molecule has 174 valence electrons. The lowest BCUT2D eigenvalue weighted by Crippen LogP contribution is -2.14. The van der Waals surface area contributed by atoms with Gasteiger partial charge in [0.05, 0.1) is 16.5 Å². The summed E-state index contributed by atoms with van der Waals surface area (Å²) in [5.74, 6) is 0.250. The van der Waals surface area contributed by atoms with E-state index >= 15 is 0 Å². The van der Waals surface area contributed by atoms with E-state index in [4.69, 9.17) is 14.6 Å². The Labute approximate surface area is 205 Å². The molecule has 0 heterocycles. The molecule has 34 heavy (non-hydrogen) atoms. The molecule has 10 heteroatoms. The van der Waals surface area contributed by atoms with E-state index in [1.807, 2.05) is 36.4 Å². The Bertz CT molecular complexity index is 1370. The van der Waals surface area contributed by atoms with Gasteiger partial charge in [0, 0.05) is 5.69 Å². The van der Waals surface area contributed by atoms with Crippen molar-refractivity contribution in [1.82, 2.24) is 0 Å². The van der Waals surface area contributed by atoms with Crippen LogP contribution in [0.3, 0.4) is 0 Å². The summed E-state index contributed by atoms with van der Waals surface area (Å²) in [7, 11) is -2.35. The van der Waals surface area contributed by atoms with Crippen molar-refractivity contribution in [3.8, 4) is 17.6 Å². The Balaban J connectivity index is 1.80. The maximum absolute atomic E-state index is 12.6. The van der Waals surface area contributed by atoms with E-state index in [0.29, 0.717) is 33.8 Å². The zero-order valence-electron chi connectivity index (χ0n) is 18.0. The number of rotatable bonds is 8. The van der Waals surface area contributed by atoms with Gasteiger partial charge in [-0.15, -0.1) is 0 Å². The standard InChI is InChI=1S/C24H20BrN3O5S/c1-32-22-13-17(12-21(25)23(22)33-15-16-5-3-2-4-6-16)11-18(14-26)24(29)28-19-7-9-20(10-8-19)34(27,30)31/h2-13H,15H2,1H3,(H,28,29)(H2,27,30,31)/b18-11+. The van der Waals surface area contributed by atoms with Gasteiger partial charge in [-0.3, -0.25) is 4.79 Å². The molecule has 0 radical (unpaired) electrons. The molecule has 0 bridgehead atoms. The van der Waals surface area contributed by atoms with Crippen LogP contribution in [0.25, 0.3) is 6.08 Å². The number of nitrogens with one attached hydrogen (secondary N) is 1. The van der Waals surface area contributed by atoms with Crippen LogP contribution in [-0.4, -0.2) is 21.4 Å². The highest BCUT2D eigenvalue weighted by Gasteiger charge is 2.15. The number of benzene rings is 3. The number of amides is 1. The van der Waals surface area contributed by atoms with Crippen LogP contribution in [0.2, 0.25) is 0 Å². The number of hydrogen-bond acceptors (Lipinski definition) is 6. The van der Waals surface area contributed by atoms with Crippen LogP contribution >= 0.6 is 15.9 Å². The number of carbonyl (C=O) groups excluding carboxylic acids is 1. The van der Waals surface area contributed by atoms with Gasteiger partial charge in [-0.2, -0.15) is 5.26 Å². The van der Waals surface area contributed by atoms with Gasteiger partial charge >= 0.3 is 0 Å². The Hall–Kier alpha value is -3.65. The lowest BCUT2D eigenvalue weighted by atomic mass is 10.1. The molecule has 0 aliphatic carbocycles. The summed E-state index contributed by atoms with van der Waals surface area (Å²) in [4.78, 5) is 12.5. The predicted octanol–water partition coefficient (Wildman–Crippen LogP) is 4.23. The fraction of sp³-hybridized carbons (Fsp3) is 0.0833. The van der Waals surface area contributed by atoms with Gasteiger partial charge < -0.3 is 14.8 Å². The van der Waals surface area contributed by atoms with Crippen molar-refractivity contribution >= 4 is 43.6 Å². The van der Waals surface area contributed by atoms with Crippen LogP contribution < -0.4 is 19.9 Å². The predicted molar refractivity (Wildman–Crippen MR) is 132 cm³/mol. The van der Waals surface area contributed by atoms with Crippen molar-refractivity contribution in [2.75, 3.05) is 12.4 Å². The highest BCUT2D eigenvalue weighted by molar-refractivity contribution is 9.10. The van der Waals surface area contributed by atoms with Crippen molar-refractivity contribution < 1.29 is 22.7 Å². The first-order valence-corrected chi connectivity index (χ1v) is 12.2. The van der Waals surface area contributed by atoms with Gasteiger partial charge in [-0.1, -0.05) is 30.3 Å². The first kappa shape index (κ1) is 25.0. The number of ether oxygens (including phenoxy) is 2. The molecule has 8 nitrogen and oxygen atoms in total. The fourth-order valence-corrected chi connectivity index (χ4v) is 4.02. The van der Waals surface area contributed by atoms with E-state index in [1.54, 1.807) is 12.1 Å². The normalized spacial score (nSPS) is 11.4. The second-order valence-electron chi connectivity index (χ2n) is 7.00.